The van der Waals surface area contributed by atoms with E-state index in [0.29, 0.717) is 0 Å². The van der Waals surface area contributed by atoms with Crippen molar-refractivity contribution in [3.63, 3.8) is 0 Å². The van der Waals surface area contributed by atoms with Crippen molar-refractivity contribution in [1.29, 1.82) is 0 Å². The van der Waals surface area contributed by atoms with E-state index < -0.39 is 0 Å². The molecule has 0 aliphatic rings. The number of hydrogen-bond acceptors (Lipinski definition) is 3. The van der Waals surface area contributed by atoms with Gasteiger partial charge >= 0.3 is 0 Å². The molecule has 1 aromatic heterocycles. The molecule has 0 saturated heterocycles. The van der Waals surface area contributed by atoms with Crippen LogP contribution in [0.25, 0.3) is 0 Å². The molecule has 90 valence electrons. The Balaban J connectivity index is 1.92. The monoisotopic (exact) mass is 295 g/mol. The summed E-state index contributed by atoms with van der Waals surface area (Å²) in [4.78, 5) is 0. The van der Waals surface area contributed by atoms with Gasteiger partial charge in [-0.05, 0) is 24.1 Å². The summed E-state index contributed by atoms with van der Waals surface area (Å²) in [5.41, 5.74) is 2.22. The van der Waals surface area contributed by atoms with Gasteiger partial charge in [-0.3, -0.25) is 4.68 Å². The lowest BCUT2D eigenvalue weighted by molar-refractivity contribution is 0.414. The highest BCUT2D eigenvalue weighted by molar-refractivity contribution is 9.08. The van der Waals surface area contributed by atoms with E-state index in [2.05, 4.69) is 38.4 Å². The van der Waals surface area contributed by atoms with Crippen molar-refractivity contribution in [2.24, 2.45) is 0 Å². The van der Waals surface area contributed by atoms with Gasteiger partial charge < -0.3 is 4.74 Å². The predicted octanol–water partition coefficient (Wildman–Crippen LogP) is 2.42. The molecule has 0 spiro atoms. The zero-order valence-corrected chi connectivity index (χ0v) is 11.2. The Bertz CT molecular complexity index is 467. The van der Waals surface area contributed by atoms with Gasteiger partial charge in [-0.15, -0.1) is 5.10 Å². The molecule has 2 rings (SSSR count). The van der Waals surface area contributed by atoms with Gasteiger partial charge in [0.25, 0.3) is 0 Å². The van der Waals surface area contributed by atoms with E-state index in [1.165, 1.54) is 5.56 Å². The first-order valence-corrected chi connectivity index (χ1v) is 6.52. The van der Waals surface area contributed by atoms with E-state index in [9.17, 15) is 0 Å². The number of nitrogens with zero attached hydrogens (tertiary/aromatic N) is 3. The SMILES string of the molecule is COc1ccc(CCn2cc(CBr)nn2)cc1. The first-order valence-electron chi connectivity index (χ1n) is 5.39. The summed E-state index contributed by atoms with van der Waals surface area (Å²) in [5, 5.41) is 8.81. The Hall–Kier alpha value is -1.36. The number of rotatable bonds is 5. The van der Waals surface area contributed by atoms with Crippen molar-refractivity contribution in [3.05, 3.63) is 41.7 Å². The lowest BCUT2D eigenvalue weighted by Gasteiger charge is -2.03. The highest BCUT2D eigenvalue weighted by Crippen LogP contribution is 2.12. The second-order valence-corrected chi connectivity index (χ2v) is 4.27. The molecular formula is C12H14BrN3O. The Morgan fingerprint density at radius 1 is 1.29 bits per heavy atom. The third kappa shape index (κ3) is 3.30. The van der Waals surface area contributed by atoms with Crippen LogP contribution in [0.3, 0.4) is 0 Å². The molecule has 0 aliphatic heterocycles. The predicted molar refractivity (Wildman–Crippen MR) is 69.4 cm³/mol. The van der Waals surface area contributed by atoms with Crippen LogP contribution in [0.5, 0.6) is 5.75 Å². The third-order valence-corrected chi connectivity index (χ3v) is 3.09. The van der Waals surface area contributed by atoms with Gasteiger partial charge in [0.2, 0.25) is 0 Å². The lowest BCUT2D eigenvalue weighted by Crippen LogP contribution is -2.02. The number of hydrogen-bond donors (Lipinski definition) is 0. The number of halogens is 1. The van der Waals surface area contributed by atoms with Crippen LogP contribution in [0, 0.1) is 0 Å². The van der Waals surface area contributed by atoms with E-state index in [0.717, 1.165) is 29.7 Å². The Morgan fingerprint density at radius 2 is 2.06 bits per heavy atom. The fourth-order valence-corrected chi connectivity index (χ4v) is 1.80. The van der Waals surface area contributed by atoms with E-state index >= 15 is 0 Å². The van der Waals surface area contributed by atoms with Crippen LogP contribution in [-0.2, 0) is 18.3 Å². The van der Waals surface area contributed by atoms with E-state index in [4.69, 9.17) is 4.74 Å². The minimum Gasteiger partial charge on any atom is -0.497 e. The zero-order chi connectivity index (χ0) is 12.1. The molecule has 0 radical (unpaired) electrons. The van der Waals surface area contributed by atoms with Crippen LogP contribution in [-0.4, -0.2) is 22.1 Å². The van der Waals surface area contributed by atoms with Crippen LogP contribution in [0.15, 0.2) is 30.5 Å². The third-order valence-electron chi connectivity index (χ3n) is 2.51. The van der Waals surface area contributed by atoms with Gasteiger partial charge in [-0.25, -0.2) is 0 Å². The number of aromatic nitrogens is 3. The minimum absolute atomic E-state index is 0.746. The molecule has 5 heteroatoms. The topological polar surface area (TPSA) is 39.9 Å². The second-order valence-electron chi connectivity index (χ2n) is 3.70. The standard InChI is InChI=1S/C12H14BrN3O/c1-17-12-4-2-10(3-5-12)6-7-16-9-11(8-13)14-15-16/h2-5,9H,6-8H2,1H3. The Morgan fingerprint density at radius 3 is 2.65 bits per heavy atom. The molecule has 0 bridgehead atoms. The molecule has 4 nitrogen and oxygen atoms in total. The maximum atomic E-state index is 5.12. The van der Waals surface area contributed by atoms with Gasteiger partial charge in [0.1, 0.15) is 5.75 Å². The maximum absolute atomic E-state index is 5.12. The van der Waals surface area contributed by atoms with Gasteiger partial charge in [-0.2, -0.15) is 0 Å². The zero-order valence-electron chi connectivity index (χ0n) is 9.64. The summed E-state index contributed by atoms with van der Waals surface area (Å²) in [6.07, 6.45) is 2.90. The first kappa shape index (κ1) is 12.1. The molecule has 2 aromatic rings. The number of methoxy groups -OCH3 is 1. The van der Waals surface area contributed by atoms with Crippen molar-refractivity contribution in [1.82, 2.24) is 15.0 Å². The normalized spacial score (nSPS) is 10.5. The van der Waals surface area contributed by atoms with Crippen molar-refractivity contribution in [2.45, 2.75) is 18.3 Å². The number of ether oxygens (including phenoxy) is 1. The van der Waals surface area contributed by atoms with E-state index in [1.807, 2.05) is 23.0 Å². The minimum atomic E-state index is 0.746. The van der Waals surface area contributed by atoms with Crippen LogP contribution in [0.2, 0.25) is 0 Å². The summed E-state index contributed by atoms with van der Waals surface area (Å²) in [7, 11) is 1.67. The maximum Gasteiger partial charge on any atom is 0.118 e. The van der Waals surface area contributed by atoms with E-state index in [-0.39, 0.29) is 0 Å². The van der Waals surface area contributed by atoms with Crippen molar-refractivity contribution < 1.29 is 4.74 Å². The van der Waals surface area contributed by atoms with Crippen LogP contribution in [0.4, 0.5) is 0 Å². The molecular weight excluding hydrogens is 282 g/mol. The summed E-state index contributed by atoms with van der Waals surface area (Å²) >= 11 is 3.35. The van der Waals surface area contributed by atoms with Crippen LogP contribution < -0.4 is 4.74 Å². The molecule has 0 unspecified atom stereocenters. The highest BCUT2D eigenvalue weighted by Gasteiger charge is 2.00. The van der Waals surface area contributed by atoms with Crippen molar-refractivity contribution in [3.8, 4) is 5.75 Å². The number of aryl methyl sites for hydroxylation is 2. The van der Waals surface area contributed by atoms with Gasteiger partial charge in [0, 0.05) is 18.1 Å². The van der Waals surface area contributed by atoms with Crippen LogP contribution >= 0.6 is 15.9 Å². The molecule has 0 N–H and O–H groups in total. The molecule has 1 aromatic carbocycles. The fourth-order valence-electron chi connectivity index (χ4n) is 1.54. The summed E-state index contributed by atoms with van der Waals surface area (Å²) in [6.45, 7) is 0.840. The summed E-state index contributed by atoms with van der Waals surface area (Å²) in [5.74, 6) is 0.885. The van der Waals surface area contributed by atoms with Gasteiger partial charge in [0.15, 0.2) is 0 Å². The van der Waals surface area contributed by atoms with E-state index in [1.54, 1.807) is 7.11 Å². The molecule has 0 amide bonds. The summed E-state index contributed by atoms with van der Waals surface area (Å²) in [6, 6.07) is 8.09. The van der Waals surface area contributed by atoms with Crippen molar-refractivity contribution >= 4 is 15.9 Å². The molecule has 1 heterocycles. The van der Waals surface area contributed by atoms with Crippen LogP contribution in [0.1, 0.15) is 11.3 Å². The van der Waals surface area contributed by atoms with Gasteiger partial charge in [0.05, 0.1) is 12.8 Å². The Kier molecular flexibility index (Phi) is 4.14. The highest BCUT2D eigenvalue weighted by atomic mass is 79.9. The average Bonchev–Trinajstić information content (AvgIpc) is 2.85. The Labute approximate surface area is 109 Å². The fraction of sp³-hybridized carbons (Fsp3) is 0.333. The van der Waals surface area contributed by atoms with Gasteiger partial charge in [-0.1, -0.05) is 33.3 Å². The molecule has 0 fully saturated rings. The molecule has 17 heavy (non-hydrogen) atoms. The summed E-state index contributed by atoms with van der Waals surface area (Å²) < 4.78 is 6.98. The number of alkyl halides is 1. The molecule has 0 saturated carbocycles. The quantitative estimate of drug-likeness (QED) is 0.796. The lowest BCUT2D eigenvalue weighted by atomic mass is 10.1. The average molecular weight is 296 g/mol. The second kappa shape index (κ2) is 5.82. The largest absolute Gasteiger partial charge is 0.497 e. The number of benzene rings is 1. The molecule has 0 atom stereocenters. The first-order chi connectivity index (χ1) is 8.31. The smallest absolute Gasteiger partial charge is 0.118 e. The van der Waals surface area contributed by atoms with Crippen molar-refractivity contribution in [2.75, 3.05) is 7.11 Å². The molecule has 0 aliphatic carbocycles.